The van der Waals surface area contributed by atoms with Gasteiger partial charge in [-0.25, -0.2) is 9.79 Å². The van der Waals surface area contributed by atoms with Gasteiger partial charge in [0.25, 0.3) is 0 Å². The number of nitrogens with zero attached hydrogens (tertiary/aromatic N) is 1. The largest absolute Gasteiger partial charge is 0.453 e. The third-order valence-corrected chi connectivity index (χ3v) is 5.65. The number of amides is 1. The van der Waals surface area contributed by atoms with Gasteiger partial charge in [0.15, 0.2) is 10.9 Å². The number of halogens is 1. The van der Waals surface area contributed by atoms with E-state index in [4.69, 9.17) is 15.8 Å². The van der Waals surface area contributed by atoms with Crippen molar-refractivity contribution in [3.8, 4) is 5.75 Å². The zero-order valence-corrected chi connectivity index (χ0v) is 16.5. The fourth-order valence-electron chi connectivity index (χ4n) is 2.12. The summed E-state index contributed by atoms with van der Waals surface area (Å²) in [4.78, 5) is 15.4. The maximum absolute atomic E-state index is 12.5. The number of aryl methyl sites for hydroxylation is 1. The lowest BCUT2D eigenvalue weighted by Gasteiger charge is -2.17. The predicted octanol–water partition coefficient (Wildman–Crippen LogP) is 3.83. The van der Waals surface area contributed by atoms with E-state index in [-0.39, 0.29) is 20.8 Å². The first-order chi connectivity index (χ1) is 12.8. The minimum absolute atomic E-state index is 0.0462. The molecule has 0 aliphatic carbocycles. The van der Waals surface area contributed by atoms with E-state index in [1.165, 1.54) is 31.4 Å². The van der Waals surface area contributed by atoms with Crippen molar-refractivity contribution in [2.75, 3.05) is 11.8 Å². The van der Waals surface area contributed by atoms with Crippen LogP contribution in [0.4, 0.5) is 16.2 Å². The van der Waals surface area contributed by atoms with Crippen LogP contribution in [0.25, 0.3) is 0 Å². The van der Waals surface area contributed by atoms with Gasteiger partial charge in [-0.15, -0.1) is 0 Å². The summed E-state index contributed by atoms with van der Waals surface area (Å²) >= 11 is 7.05. The van der Waals surface area contributed by atoms with Gasteiger partial charge in [0.05, 0.1) is 23.5 Å². The number of fused-ring (bicyclic) bond motifs is 1. The molecule has 0 saturated carbocycles. The van der Waals surface area contributed by atoms with Crippen LogP contribution in [0.3, 0.4) is 0 Å². The average molecular weight is 428 g/mol. The van der Waals surface area contributed by atoms with Crippen LogP contribution >= 0.6 is 23.5 Å². The molecular formula is C16H14ClN3O5S2. The SMILES string of the molecule is COC(=O)NC1=Nc2ccc(S(=O)(=O)Oc3ccc(C)cc3Cl)cc2NS1. The van der Waals surface area contributed by atoms with Gasteiger partial charge < -0.3 is 13.6 Å². The Bertz CT molecular complexity index is 1040. The minimum atomic E-state index is -4.09. The van der Waals surface area contributed by atoms with E-state index in [9.17, 15) is 13.2 Å². The Hall–Kier alpha value is -2.43. The molecule has 2 N–H and O–H groups in total. The lowest BCUT2D eigenvalue weighted by Crippen LogP contribution is -2.29. The number of benzene rings is 2. The molecule has 11 heteroatoms. The third-order valence-electron chi connectivity index (χ3n) is 3.42. The van der Waals surface area contributed by atoms with Crippen LogP contribution in [-0.2, 0) is 14.9 Å². The Morgan fingerprint density at radius 1 is 1.26 bits per heavy atom. The minimum Gasteiger partial charge on any atom is -0.453 e. The van der Waals surface area contributed by atoms with Crippen molar-refractivity contribution < 1.29 is 22.1 Å². The first kappa shape index (κ1) is 19.3. The number of carbonyl (C=O) groups is 1. The van der Waals surface area contributed by atoms with Gasteiger partial charge in [0.2, 0.25) is 0 Å². The Balaban J connectivity index is 1.85. The fraction of sp³-hybridized carbons (Fsp3) is 0.125. The van der Waals surface area contributed by atoms with Gasteiger partial charge in [-0.3, -0.25) is 5.32 Å². The monoisotopic (exact) mass is 427 g/mol. The highest BCUT2D eigenvalue weighted by molar-refractivity contribution is 8.15. The van der Waals surface area contributed by atoms with E-state index in [2.05, 4.69) is 19.8 Å². The fourth-order valence-corrected chi connectivity index (χ4v) is 4.06. The van der Waals surface area contributed by atoms with Gasteiger partial charge in [0, 0.05) is 11.9 Å². The number of carbonyl (C=O) groups excluding carboxylic acids is 1. The molecule has 0 radical (unpaired) electrons. The molecule has 3 rings (SSSR count). The molecule has 0 fully saturated rings. The smallest absolute Gasteiger partial charge is 0.412 e. The molecule has 0 atom stereocenters. The molecule has 2 aromatic rings. The van der Waals surface area contributed by atoms with E-state index < -0.39 is 16.2 Å². The number of hydrogen-bond donors (Lipinski definition) is 2. The summed E-state index contributed by atoms with van der Waals surface area (Å²) in [6.07, 6.45) is -0.658. The number of methoxy groups -OCH3 is 1. The summed E-state index contributed by atoms with van der Waals surface area (Å²) in [5.41, 5.74) is 1.79. The molecular weight excluding hydrogens is 414 g/mol. The zero-order valence-electron chi connectivity index (χ0n) is 14.1. The van der Waals surface area contributed by atoms with E-state index in [1.54, 1.807) is 12.1 Å². The van der Waals surface area contributed by atoms with E-state index in [1.807, 2.05) is 6.92 Å². The normalized spacial score (nSPS) is 13.1. The van der Waals surface area contributed by atoms with Gasteiger partial charge in [-0.2, -0.15) is 8.42 Å². The molecule has 1 aliphatic heterocycles. The van der Waals surface area contributed by atoms with Crippen molar-refractivity contribution in [1.29, 1.82) is 0 Å². The second kappa shape index (κ2) is 7.67. The number of amidine groups is 1. The molecule has 2 aromatic carbocycles. The van der Waals surface area contributed by atoms with Crippen LogP contribution in [0.15, 0.2) is 46.3 Å². The van der Waals surface area contributed by atoms with Crippen molar-refractivity contribution in [1.82, 2.24) is 5.32 Å². The van der Waals surface area contributed by atoms with Crippen molar-refractivity contribution >= 4 is 56.3 Å². The Morgan fingerprint density at radius 2 is 2.04 bits per heavy atom. The molecule has 27 heavy (non-hydrogen) atoms. The van der Waals surface area contributed by atoms with Crippen LogP contribution in [-0.4, -0.2) is 26.8 Å². The molecule has 0 aromatic heterocycles. The maximum atomic E-state index is 12.5. The van der Waals surface area contributed by atoms with Crippen LogP contribution in [0.1, 0.15) is 5.56 Å². The molecule has 1 amide bonds. The van der Waals surface area contributed by atoms with E-state index in [0.717, 1.165) is 17.5 Å². The quantitative estimate of drug-likeness (QED) is 0.566. The van der Waals surface area contributed by atoms with Crippen LogP contribution < -0.4 is 14.2 Å². The van der Waals surface area contributed by atoms with Gasteiger partial charge in [-0.05, 0) is 42.8 Å². The molecule has 1 heterocycles. The summed E-state index contributed by atoms with van der Waals surface area (Å²) in [5.74, 6) is 0.0462. The Labute approximate surface area is 165 Å². The van der Waals surface area contributed by atoms with E-state index >= 15 is 0 Å². The number of ether oxygens (including phenoxy) is 1. The first-order valence-electron chi connectivity index (χ1n) is 7.50. The van der Waals surface area contributed by atoms with Crippen molar-refractivity contribution in [2.24, 2.45) is 4.99 Å². The molecule has 0 unspecified atom stereocenters. The van der Waals surface area contributed by atoms with Crippen molar-refractivity contribution in [3.63, 3.8) is 0 Å². The number of aliphatic imine (C=N–C) groups is 1. The summed E-state index contributed by atoms with van der Waals surface area (Å²) in [7, 11) is -2.85. The highest BCUT2D eigenvalue weighted by Crippen LogP contribution is 2.35. The van der Waals surface area contributed by atoms with Crippen LogP contribution in [0.5, 0.6) is 5.75 Å². The lowest BCUT2D eigenvalue weighted by atomic mass is 10.2. The maximum Gasteiger partial charge on any atom is 0.412 e. The Kier molecular flexibility index (Phi) is 5.49. The molecule has 0 saturated heterocycles. The topological polar surface area (TPSA) is 106 Å². The van der Waals surface area contributed by atoms with Gasteiger partial charge in [-0.1, -0.05) is 17.7 Å². The molecule has 0 bridgehead atoms. The van der Waals surface area contributed by atoms with Gasteiger partial charge in [0.1, 0.15) is 4.90 Å². The number of nitrogens with one attached hydrogen (secondary N) is 2. The predicted molar refractivity (Wildman–Crippen MR) is 104 cm³/mol. The third kappa shape index (κ3) is 4.46. The number of hydrogen-bond acceptors (Lipinski definition) is 8. The Morgan fingerprint density at radius 3 is 2.74 bits per heavy atom. The lowest BCUT2D eigenvalue weighted by molar-refractivity contribution is 0.177. The molecule has 1 aliphatic rings. The summed E-state index contributed by atoms with van der Waals surface area (Å²) in [6.45, 7) is 1.83. The van der Waals surface area contributed by atoms with E-state index in [0.29, 0.717) is 11.4 Å². The summed E-state index contributed by atoms with van der Waals surface area (Å²) in [6, 6.07) is 9.05. The standard InChI is InChI=1S/C16H14ClN3O5S2/c1-9-3-6-14(11(17)7-9)25-27(22,23)10-4-5-12-13(8-10)20-26-15(18-12)19-16(21)24-2/h3-8,20H,1-2H3,(H,18,19,21). The number of alkyl carbamates (subject to hydrolysis) is 1. The molecule has 142 valence electrons. The zero-order chi connectivity index (χ0) is 19.6. The van der Waals surface area contributed by atoms with Crippen molar-refractivity contribution in [3.05, 3.63) is 47.0 Å². The van der Waals surface area contributed by atoms with Crippen molar-refractivity contribution in [2.45, 2.75) is 11.8 Å². The molecule has 0 spiro atoms. The number of anilines is 1. The highest BCUT2D eigenvalue weighted by Gasteiger charge is 2.22. The van der Waals surface area contributed by atoms with Crippen LogP contribution in [0, 0.1) is 6.92 Å². The highest BCUT2D eigenvalue weighted by atomic mass is 35.5. The summed E-state index contributed by atoms with van der Waals surface area (Å²) < 4.78 is 37.7. The average Bonchev–Trinajstić information content (AvgIpc) is 2.63. The van der Waals surface area contributed by atoms with Gasteiger partial charge >= 0.3 is 16.2 Å². The second-order valence-corrected chi connectivity index (χ2v) is 8.14. The molecule has 8 nitrogen and oxygen atoms in total. The first-order valence-corrected chi connectivity index (χ1v) is 10.1. The summed E-state index contributed by atoms with van der Waals surface area (Å²) in [5, 5.41) is 2.90. The van der Waals surface area contributed by atoms with Crippen LogP contribution in [0.2, 0.25) is 5.02 Å². The second-order valence-electron chi connectivity index (χ2n) is 5.39. The number of rotatable bonds is 3.